The molecule has 19 heteroatoms. The van der Waals surface area contributed by atoms with Crippen LogP contribution in [0.5, 0.6) is 0 Å². The van der Waals surface area contributed by atoms with Crippen molar-refractivity contribution in [2.45, 2.75) is 77.3 Å². The SMILES string of the molecule is CC(C)(C)C[C@]1(c2ccc(-c3cnn(C(F)F)c3)cc2)N=C(N)N([C@H](COC(=O)CC2(C(F)(F)F)CC2)c2ccc(F)c(-c3ncnn3C(F)F)c2)C1=O. The van der Waals surface area contributed by atoms with Crippen LogP contribution in [0.15, 0.2) is 66.2 Å². The van der Waals surface area contributed by atoms with E-state index in [1.54, 1.807) is 24.3 Å². The Morgan fingerprint density at radius 3 is 2.24 bits per heavy atom. The topological polar surface area (TPSA) is 134 Å². The molecule has 0 radical (unpaired) electrons. The Morgan fingerprint density at radius 2 is 1.67 bits per heavy atom. The first kappa shape index (κ1) is 38.4. The lowest BCUT2D eigenvalue weighted by Gasteiger charge is -2.35. The van der Waals surface area contributed by atoms with Crippen LogP contribution in [0.2, 0.25) is 0 Å². The van der Waals surface area contributed by atoms with Crippen molar-refractivity contribution in [3.63, 3.8) is 0 Å². The van der Waals surface area contributed by atoms with Crippen molar-refractivity contribution >= 4 is 17.8 Å². The Bertz CT molecular complexity index is 2070. The quantitative estimate of drug-likeness (QED) is 0.116. The average molecular weight is 767 g/mol. The summed E-state index contributed by atoms with van der Waals surface area (Å²) in [5.41, 5.74) is 2.61. The normalized spacial score (nSPS) is 19.1. The molecule has 2 aromatic carbocycles. The molecule has 288 valence electrons. The van der Waals surface area contributed by atoms with Crippen LogP contribution in [0.4, 0.5) is 35.1 Å². The van der Waals surface area contributed by atoms with Gasteiger partial charge in [0.1, 0.15) is 18.8 Å². The van der Waals surface area contributed by atoms with Crippen molar-refractivity contribution in [2.24, 2.45) is 21.6 Å². The molecule has 1 aliphatic carbocycles. The van der Waals surface area contributed by atoms with Gasteiger partial charge in [0.2, 0.25) is 0 Å². The second kappa shape index (κ2) is 13.8. The number of hydrogen-bond acceptors (Lipinski definition) is 8. The standard InChI is InChI=1S/C35H34F8N8O3/c1-32(2,3)17-34(22-7-4-19(5-8-22)21-14-46-49(15-21)29(37)38)28(53)50(31(44)48-34)25(16-54-26(52)13-33(10-11-33)35(41,42)43)20-6-9-24(36)23(12-20)27-45-18-47-51(27)30(39)40/h4-9,12,14-15,18,25,29-30H,10-11,13,16-17H2,1-3H3,(H2,44,48)/t25-,34-/m1/s1. The lowest BCUT2D eigenvalue weighted by Crippen LogP contribution is -2.47. The summed E-state index contributed by atoms with van der Waals surface area (Å²) in [5, 5.41) is 7.08. The van der Waals surface area contributed by atoms with Crippen molar-refractivity contribution in [3.8, 4) is 22.5 Å². The highest BCUT2D eigenvalue weighted by Gasteiger charge is 2.64. The first-order chi connectivity index (χ1) is 25.2. The number of ether oxygens (including phenoxy) is 1. The van der Waals surface area contributed by atoms with E-state index in [1.807, 2.05) is 20.8 Å². The number of benzene rings is 2. The van der Waals surface area contributed by atoms with E-state index in [0.717, 1.165) is 29.6 Å². The fraction of sp³-hybridized carbons (Fsp3) is 0.429. The number of hydrogen-bond donors (Lipinski definition) is 1. The average Bonchev–Trinajstić information content (AvgIpc) is 3.40. The lowest BCUT2D eigenvalue weighted by atomic mass is 9.75. The van der Waals surface area contributed by atoms with E-state index in [-0.39, 0.29) is 35.5 Å². The van der Waals surface area contributed by atoms with Crippen molar-refractivity contribution in [1.82, 2.24) is 29.4 Å². The van der Waals surface area contributed by atoms with E-state index in [2.05, 4.69) is 20.2 Å². The van der Waals surface area contributed by atoms with Gasteiger partial charge in [-0.1, -0.05) is 51.1 Å². The van der Waals surface area contributed by atoms with E-state index in [9.17, 15) is 40.3 Å². The fourth-order valence-corrected chi connectivity index (χ4v) is 6.64. The van der Waals surface area contributed by atoms with E-state index in [1.165, 1.54) is 12.3 Å². The maximum atomic E-state index is 15.2. The summed E-state index contributed by atoms with van der Waals surface area (Å²) in [7, 11) is 0. The van der Waals surface area contributed by atoms with Crippen molar-refractivity contribution < 1.29 is 49.4 Å². The maximum Gasteiger partial charge on any atom is 0.395 e. The molecule has 0 saturated heterocycles. The van der Waals surface area contributed by atoms with E-state index >= 15 is 4.39 Å². The zero-order chi connectivity index (χ0) is 39.4. The molecule has 1 fully saturated rings. The van der Waals surface area contributed by atoms with Gasteiger partial charge in [-0.3, -0.25) is 14.5 Å². The number of alkyl halides is 7. The predicted octanol–water partition coefficient (Wildman–Crippen LogP) is 7.54. The third-order valence-electron chi connectivity index (χ3n) is 9.43. The Labute approximate surface area is 302 Å². The summed E-state index contributed by atoms with van der Waals surface area (Å²) >= 11 is 0. The van der Waals surface area contributed by atoms with Crippen LogP contribution in [0.1, 0.15) is 76.7 Å². The van der Waals surface area contributed by atoms with Crippen LogP contribution >= 0.6 is 0 Å². The van der Waals surface area contributed by atoms with Gasteiger partial charge in [0, 0.05) is 11.8 Å². The Balaban J connectivity index is 1.40. The first-order valence-electron chi connectivity index (χ1n) is 16.6. The molecule has 0 spiro atoms. The lowest BCUT2D eigenvalue weighted by molar-refractivity contribution is -0.195. The smallest absolute Gasteiger partial charge is 0.395 e. The zero-order valence-corrected chi connectivity index (χ0v) is 29.0. The van der Waals surface area contributed by atoms with Crippen LogP contribution in [-0.2, 0) is 19.9 Å². The molecule has 11 nitrogen and oxygen atoms in total. The summed E-state index contributed by atoms with van der Waals surface area (Å²) in [6, 6.07) is 7.99. The molecule has 0 unspecified atom stereocenters. The number of nitrogens with two attached hydrogens (primary N) is 1. The maximum absolute atomic E-state index is 15.2. The minimum Gasteiger partial charge on any atom is -0.463 e. The Hall–Kier alpha value is -5.36. The number of aromatic nitrogens is 5. The van der Waals surface area contributed by atoms with Gasteiger partial charge < -0.3 is 10.5 Å². The summed E-state index contributed by atoms with van der Waals surface area (Å²) in [4.78, 5) is 37.1. The molecule has 54 heavy (non-hydrogen) atoms. The minimum absolute atomic E-state index is 0.00979. The second-order valence-electron chi connectivity index (χ2n) is 14.5. The number of rotatable bonds is 12. The van der Waals surface area contributed by atoms with Crippen LogP contribution in [-0.4, -0.2) is 60.1 Å². The second-order valence-corrected chi connectivity index (χ2v) is 14.5. The molecular formula is C35H34F8N8O3. The minimum atomic E-state index is -4.66. The number of esters is 1. The van der Waals surface area contributed by atoms with Crippen molar-refractivity contribution in [1.29, 1.82) is 0 Å². The molecule has 1 amide bonds. The molecule has 0 bridgehead atoms. The number of nitrogens with zero attached hydrogens (tertiary/aromatic N) is 7. The number of guanidine groups is 1. The van der Waals surface area contributed by atoms with Crippen LogP contribution in [0, 0.1) is 16.6 Å². The Morgan fingerprint density at radius 1 is 0.981 bits per heavy atom. The highest BCUT2D eigenvalue weighted by molar-refractivity contribution is 6.07. The number of halogens is 8. The van der Waals surface area contributed by atoms with E-state index in [4.69, 9.17) is 10.5 Å². The van der Waals surface area contributed by atoms with Gasteiger partial charge in [-0.05, 0) is 53.5 Å². The zero-order valence-electron chi connectivity index (χ0n) is 29.0. The van der Waals surface area contributed by atoms with Crippen molar-refractivity contribution in [3.05, 3.63) is 78.1 Å². The summed E-state index contributed by atoms with van der Waals surface area (Å²) in [5.74, 6) is -3.92. The van der Waals surface area contributed by atoms with Crippen molar-refractivity contribution in [2.75, 3.05) is 6.61 Å². The largest absolute Gasteiger partial charge is 0.463 e. The molecule has 2 atom stereocenters. The predicted molar refractivity (Wildman–Crippen MR) is 176 cm³/mol. The van der Waals surface area contributed by atoms with Crippen LogP contribution in [0.3, 0.4) is 0 Å². The molecule has 4 aromatic rings. The highest BCUT2D eigenvalue weighted by Crippen LogP contribution is 2.60. The molecule has 2 aliphatic rings. The summed E-state index contributed by atoms with van der Waals surface area (Å²) in [6.07, 6.45) is -2.96. The van der Waals surface area contributed by atoms with Crippen LogP contribution < -0.4 is 5.73 Å². The number of carbonyl (C=O) groups excluding carboxylic acids is 2. The molecule has 2 N–H and O–H groups in total. The Kier molecular flexibility index (Phi) is 9.81. The third kappa shape index (κ3) is 7.26. The number of aliphatic imine (C=N–C) groups is 1. The van der Waals surface area contributed by atoms with Gasteiger partial charge >= 0.3 is 25.2 Å². The van der Waals surface area contributed by atoms with Gasteiger partial charge in [0.05, 0.1) is 29.6 Å². The molecular weight excluding hydrogens is 732 g/mol. The molecule has 3 heterocycles. The van der Waals surface area contributed by atoms with E-state index in [0.29, 0.717) is 21.4 Å². The summed E-state index contributed by atoms with van der Waals surface area (Å²) < 4.78 is 116. The molecule has 1 saturated carbocycles. The van der Waals surface area contributed by atoms with Gasteiger partial charge in [0.15, 0.2) is 17.3 Å². The third-order valence-corrected chi connectivity index (χ3v) is 9.43. The van der Waals surface area contributed by atoms with Crippen LogP contribution in [0.25, 0.3) is 22.5 Å². The first-order valence-corrected chi connectivity index (χ1v) is 16.6. The highest BCUT2D eigenvalue weighted by atomic mass is 19.4. The monoisotopic (exact) mass is 766 g/mol. The molecule has 2 aromatic heterocycles. The van der Waals surface area contributed by atoms with E-state index < -0.39 is 83.8 Å². The molecule has 1 aliphatic heterocycles. The molecule has 6 rings (SSSR count). The fourth-order valence-electron chi connectivity index (χ4n) is 6.64. The number of carbonyl (C=O) groups is 2. The number of amides is 1. The van der Waals surface area contributed by atoms with Gasteiger partial charge in [-0.25, -0.2) is 19.0 Å². The van der Waals surface area contributed by atoms with Gasteiger partial charge in [0.25, 0.3) is 5.91 Å². The summed E-state index contributed by atoms with van der Waals surface area (Å²) in [6.45, 7) is -1.34. The van der Waals surface area contributed by atoms with Gasteiger partial charge in [-0.15, -0.1) is 0 Å². The van der Waals surface area contributed by atoms with Gasteiger partial charge in [-0.2, -0.15) is 45.6 Å².